The smallest absolute Gasteiger partial charge is 0.291 e. The second-order valence-corrected chi connectivity index (χ2v) is 7.96. The fraction of sp³-hybridized carbons (Fsp3) is 0.455. The molecule has 7 nitrogen and oxygen atoms in total. The first-order valence-corrected chi connectivity index (χ1v) is 10.3. The van der Waals surface area contributed by atoms with Gasteiger partial charge in [0.05, 0.1) is 17.3 Å². The minimum atomic E-state index is -0.352. The minimum absolute atomic E-state index is 0.0620. The van der Waals surface area contributed by atoms with E-state index < -0.39 is 0 Å². The summed E-state index contributed by atoms with van der Waals surface area (Å²) in [4.78, 5) is 32.5. The summed E-state index contributed by atoms with van der Waals surface area (Å²) in [6, 6.07) is 8.83. The molecule has 4 rings (SSSR count). The number of likely N-dealkylation sites (tertiary alicyclic amines) is 1. The number of rotatable bonds is 3. The molecule has 2 amide bonds. The van der Waals surface area contributed by atoms with E-state index in [-0.39, 0.29) is 17.6 Å². The van der Waals surface area contributed by atoms with Crippen molar-refractivity contribution in [2.45, 2.75) is 45.6 Å². The van der Waals surface area contributed by atoms with Crippen molar-refractivity contribution < 1.29 is 9.59 Å². The Morgan fingerprint density at radius 2 is 2.00 bits per heavy atom. The molecule has 0 bridgehead atoms. The molecule has 3 heterocycles. The van der Waals surface area contributed by atoms with E-state index in [0.717, 1.165) is 50.9 Å². The van der Waals surface area contributed by atoms with Crippen LogP contribution in [0.5, 0.6) is 0 Å². The van der Waals surface area contributed by atoms with Gasteiger partial charge in [-0.25, -0.2) is 4.98 Å². The Labute approximate surface area is 170 Å². The molecule has 2 aliphatic rings. The van der Waals surface area contributed by atoms with Gasteiger partial charge in [-0.15, -0.1) is 0 Å². The second kappa shape index (κ2) is 8.08. The van der Waals surface area contributed by atoms with Crippen LogP contribution in [0.25, 0.3) is 0 Å². The number of nitriles is 1. The summed E-state index contributed by atoms with van der Waals surface area (Å²) in [5.74, 6) is 0.499. The Morgan fingerprint density at radius 1 is 1.21 bits per heavy atom. The average molecular weight is 391 g/mol. The lowest BCUT2D eigenvalue weighted by Gasteiger charge is -2.30. The van der Waals surface area contributed by atoms with E-state index in [9.17, 15) is 9.59 Å². The van der Waals surface area contributed by atoms with E-state index in [4.69, 9.17) is 5.26 Å². The van der Waals surface area contributed by atoms with E-state index in [2.05, 4.69) is 23.3 Å². The summed E-state index contributed by atoms with van der Waals surface area (Å²) in [5, 5.41) is 11.9. The molecule has 29 heavy (non-hydrogen) atoms. The first kappa shape index (κ1) is 19.2. The SMILES string of the molecule is CC1CCN(C(=O)c2nc(C(=O)Nc3cccc(C#N)c3)n3c2CCCC3)CC1. The molecule has 1 aromatic carbocycles. The molecule has 2 aromatic rings. The summed E-state index contributed by atoms with van der Waals surface area (Å²) < 4.78 is 1.90. The van der Waals surface area contributed by atoms with Gasteiger partial charge in [-0.1, -0.05) is 13.0 Å². The highest BCUT2D eigenvalue weighted by Gasteiger charge is 2.31. The van der Waals surface area contributed by atoms with Crippen LogP contribution in [0.1, 0.15) is 65.0 Å². The minimum Gasteiger partial charge on any atom is -0.337 e. The molecule has 1 N–H and O–H groups in total. The average Bonchev–Trinajstić information content (AvgIpc) is 3.14. The Morgan fingerprint density at radius 3 is 2.76 bits per heavy atom. The highest BCUT2D eigenvalue weighted by atomic mass is 16.2. The number of hydrogen-bond donors (Lipinski definition) is 1. The number of amides is 2. The van der Waals surface area contributed by atoms with Gasteiger partial charge in [-0.3, -0.25) is 9.59 Å². The number of hydrogen-bond acceptors (Lipinski definition) is 4. The zero-order chi connectivity index (χ0) is 20.4. The predicted octanol–water partition coefficient (Wildman–Crippen LogP) is 3.22. The Bertz CT molecular complexity index is 980. The normalized spacial score (nSPS) is 16.8. The van der Waals surface area contributed by atoms with Crippen LogP contribution in [-0.4, -0.2) is 39.4 Å². The van der Waals surface area contributed by atoms with Gasteiger partial charge in [0.25, 0.3) is 11.8 Å². The van der Waals surface area contributed by atoms with E-state index >= 15 is 0 Å². The van der Waals surface area contributed by atoms with Crippen molar-refractivity contribution in [3.63, 3.8) is 0 Å². The third-order valence-corrected chi connectivity index (χ3v) is 5.84. The maximum absolute atomic E-state index is 13.1. The zero-order valence-electron chi connectivity index (χ0n) is 16.6. The third kappa shape index (κ3) is 3.88. The molecule has 1 saturated heterocycles. The van der Waals surface area contributed by atoms with Gasteiger partial charge in [0, 0.05) is 25.3 Å². The van der Waals surface area contributed by atoms with Gasteiger partial charge in [-0.2, -0.15) is 5.26 Å². The molecule has 0 unspecified atom stereocenters. The molecule has 150 valence electrons. The van der Waals surface area contributed by atoms with Crippen molar-refractivity contribution >= 4 is 17.5 Å². The van der Waals surface area contributed by atoms with Crippen molar-refractivity contribution in [2.75, 3.05) is 18.4 Å². The van der Waals surface area contributed by atoms with Gasteiger partial charge >= 0.3 is 0 Å². The van der Waals surface area contributed by atoms with Crippen molar-refractivity contribution in [1.29, 1.82) is 5.26 Å². The number of fused-ring (bicyclic) bond motifs is 1. The molecule has 1 fully saturated rings. The molecular weight excluding hydrogens is 366 g/mol. The van der Waals surface area contributed by atoms with Gasteiger partial charge in [0.2, 0.25) is 0 Å². The van der Waals surface area contributed by atoms with Gasteiger partial charge in [0.1, 0.15) is 5.69 Å². The lowest BCUT2D eigenvalue weighted by molar-refractivity contribution is 0.0690. The number of carbonyl (C=O) groups is 2. The van der Waals surface area contributed by atoms with Crippen LogP contribution in [0, 0.1) is 17.2 Å². The first-order chi connectivity index (χ1) is 14.1. The molecule has 0 aliphatic carbocycles. The molecular formula is C22H25N5O2. The predicted molar refractivity (Wildman–Crippen MR) is 109 cm³/mol. The number of piperidine rings is 1. The molecule has 0 radical (unpaired) electrons. The maximum Gasteiger partial charge on any atom is 0.291 e. The summed E-state index contributed by atoms with van der Waals surface area (Å²) in [6.07, 6.45) is 4.72. The summed E-state index contributed by atoms with van der Waals surface area (Å²) in [5.41, 5.74) is 2.31. The number of nitrogens with zero attached hydrogens (tertiary/aromatic N) is 4. The topological polar surface area (TPSA) is 91.0 Å². The van der Waals surface area contributed by atoms with E-state index in [1.165, 1.54) is 0 Å². The number of imidazole rings is 1. The Kier molecular flexibility index (Phi) is 5.34. The van der Waals surface area contributed by atoms with E-state index in [0.29, 0.717) is 29.4 Å². The Balaban J connectivity index is 1.61. The molecule has 7 heteroatoms. The van der Waals surface area contributed by atoms with E-state index in [1.807, 2.05) is 9.47 Å². The van der Waals surface area contributed by atoms with Crippen LogP contribution < -0.4 is 5.32 Å². The largest absolute Gasteiger partial charge is 0.337 e. The van der Waals surface area contributed by atoms with Crippen LogP contribution in [0.4, 0.5) is 5.69 Å². The van der Waals surface area contributed by atoms with Gasteiger partial charge in [0.15, 0.2) is 5.82 Å². The number of carbonyl (C=O) groups excluding carboxylic acids is 2. The lowest BCUT2D eigenvalue weighted by Crippen LogP contribution is -2.38. The van der Waals surface area contributed by atoms with Crippen LogP contribution in [0.15, 0.2) is 24.3 Å². The van der Waals surface area contributed by atoms with Crippen molar-refractivity contribution in [1.82, 2.24) is 14.5 Å². The lowest BCUT2D eigenvalue weighted by atomic mass is 9.98. The second-order valence-electron chi connectivity index (χ2n) is 7.96. The van der Waals surface area contributed by atoms with Crippen LogP contribution in [0.3, 0.4) is 0 Å². The molecule has 1 aromatic heterocycles. The number of nitrogens with one attached hydrogen (secondary N) is 1. The first-order valence-electron chi connectivity index (χ1n) is 10.3. The monoisotopic (exact) mass is 391 g/mol. The van der Waals surface area contributed by atoms with Crippen LogP contribution >= 0.6 is 0 Å². The van der Waals surface area contributed by atoms with Crippen molar-refractivity contribution in [3.05, 3.63) is 47.0 Å². The molecule has 0 spiro atoms. The highest BCUT2D eigenvalue weighted by Crippen LogP contribution is 2.25. The number of anilines is 1. The standard InChI is InChI=1S/C22H25N5O2/c1-15-8-11-26(12-9-15)22(29)19-18-7-2-3-10-27(18)20(25-19)21(28)24-17-6-4-5-16(13-17)14-23/h4-6,13,15H,2-3,7-12H2,1H3,(H,24,28). The maximum atomic E-state index is 13.1. The molecule has 2 aliphatic heterocycles. The van der Waals surface area contributed by atoms with Gasteiger partial charge in [-0.05, 0) is 56.2 Å². The summed E-state index contributed by atoms with van der Waals surface area (Å²) >= 11 is 0. The van der Waals surface area contributed by atoms with E-state index in [1.54, 1.807) is 24.3 Å². The third-order valence-electron chi connectivity index (χ3n) is 5.84. The van der Waals surface area contributed by atoms with Gasteiger partial charge < -0.3 is 14.8 Å². The van der Waals surface area contributed by atoms with Crippen LogP contribution in [0.2, 0.25) is 0 Å². The molecule has 0 saturated carbocycles. The summed E-state index contributed by atoms with van der Waals surface area (Å²) in [6.45, 7) is 4.39. The fourth-order valence-electron chi connectivity index (χ4n) is 4.10. The number of benzene rings is 1. The van der Waals surface area contributed by atoms with Crippen molar-refractivity contribution in [2.24, 2.45) is 5.92 Å². The zero-order valence-corrected chi connectivity index (χ0v) is 16.6. The van der Waals surface area contributed by atoms with Crippen molar-refractivity contribution in [3.8, 4) is 6.07 Å². The summed E-state index contributed by atoms with van der Waals surface area (Å²) in [7, 11) is 0. The van der Waals surface area contributed by atoms with Crippen LogP contribution in [-0.2, 0) is 13.0 Å². The number of aromatic nitrogens is 2. The molecule has 0 atom stereocenters. The Hall–Kier alpha value is -3.14. The fourth-order valence-corrected chi connectivity index (χ4v) is 4.10. The highest BCUT2D eigenvalue weighted by molar-refractivity contribution is 6.03. The quantitative estimate of drug-likeness (QED) is 0.870.